The molecular weight excluding hydrogens is 378 g/mol. The molecule has 26 heavy (non-hydrogen) atoms. The summed E-state index contributed by atoms with van der Waals surface area (Å²) >= 11 is 7.32. The molecule has 10 heteroatoms. The molecule has 140 valence electrons. The molecule has 8 nitrogen and oxygen atoms in total. The number of aryl methyl sites for hydroxylation is 1. The maximum atomic E-state index is 11.9. The number of esters is 1. The number of anilines is 3. The Morgan fingerprint density at radius 2 is 2.15 bits per heavy atom. The van der Waals surface area contributed by atoms with E-state index in [1.165, 1.54) is 11.3 Å². The molecule has 0 radical (unpaired) electrons. The van der Waals surface area contributed by atoms with E-state index in [-0.39, 0.29) is 6.10 Å². The van der Waals surface area contributed by atoms with E-state index in [0.717, 1.165) is 0 Å². The summed E-state index contributed by atoms with van der Waals surface area (Å²) in [5, 5.41) is 13.5. The van der Waals surface area contributed by atoms with Crippen molar-refractivity contribution in [3.63, 3.8) is 0 Å². The van der Waals surface area contributed by atoms with E-state index in [1.807, 2.05) is 0 Å². The highest BCUT2D eigenvalue weighted by Gasteiger charge is 2.20. The van der Waals surface area contributed by atoms with Crippen LogP contribution in [0.1, 0.15) is 35.1 Å². The number of hydrogen-bond acceptors (Lipinski definition) is 9. The van der Waals surface area contributed by atoms with E-state index in [9.17, 15) is 9.90 Å². The predicted octanol–water partition coefficient (Wildman–Crippen LogP) is 2.78. The molecule has 2 aromatic rings. The second kappa shape index (κ2) is 8.15. The Kier molecular flexibility index (Phi) is 5.90. The molecule has 0 spiro atoms. The van der Waals surface area contributed by atoms with E-state index in [2.05, 4.69) is 25.2 Å². The molecule has 0 bridgehead atoms. The quantitative estimate of drug-likeness (QED) is 0.586. The van der Waals surface area contributed by atoms with Crippen molar-refractivity contribution in [3.8, 4) is 0 Å². The topological polar surface area (TPSA) is 100 Å². The summed E-state index contributed by atoms with van der Waals surface area (Å²) in [6.07, 6.45) is 1.12. The zero-order chi connectivity index (χ0) is 18.7. The maximum absolute atomic E-state index is 11.9. The first-order chi connectivity index (χ1) is 12.5. The zero-order valence-electron chi connectivity index (χ0n) is 14.5. The number of aliphatic hydroxyl groups is 1. The lowest BCUT2D eigenvalue weighted by Crippen LogP contribution is -2.36. The van der Waals surface area contributed by atoms with E-state index in [0.29, 0.717) is 65.2 Å². The molecule has 2 N–H and O–H groups in total. The number of nitrogens with zero attached hydrogens (tertiary/aromatic N) is 4. The summed E-state index contributed by atoms with van der Waals surface area (Å²) in [4.78, 5) is 27.4. The third-order valence-corrected chi connectivity index (χ3v) is 5.19. The molecule has 1 saturated heterocycles. The van der Waals surface area contributed by atoms with Gasteiger partial charge in [-0.15, -0.1) is 0 Å². The van der Waals surface area contributed by atoms with Crippen LogP contribution in [0.2, 0.25) is 5.15 Å². The molecule has 0 atom stereocenters. The molecule has 3 heterocycles. The predicted molar refractivity (Wildman–Crippen MR) is 101 cm³/mol. The Morgan fingerprint density at radius 1 is 1.42 bits per heavy atom. The summed E-state index contributed by atoms with van der Waals surface area (Å²) in [6.45, 7) is 5.23. The van der Waals surface area contributed by atoms with Crippen molar-refractivity contribution in [3.05, 3.63) is 21.8 Å². The summed E-state index contributed by atoms with van der Waals surface area (Å²) in [5.41, 5.74) is 0.586. The van der Waals surface area contributed by atoms with Crippen LogP contribution in [-0.2, 0) is 4.74 Å². The number of halogens is 1. The highest BCUT2D eigenvalue weighted by atomic mass is 35.5. The van der Waals surface area contributed by atoms with Crippen LogP contribution in [0.4, 0.5) is 16.9 Å². The summed E-state index contributed by atoms with van der Waals surface area (Å²) in [5.74, 6) is 0.608. The first-order valence-corrected chi connectivity index (χ1v) is 9.55. The summed E-state index contributed by atoms with van der Waals surface area (Å²) < 4.78 is 5.02. The minimum atomic E-state index is -0.393. The van der Waals surface area contributed by atoms with Gasteiger partial charge in [0, 0.05) is 19.2 Å². The Balaban J connectivity index is 1.78. The number of piperidine rings is 1. The van der Waals surface area contributed by atoms with Crippen LogP contribution in [0.5, 0.6) is 0 Å². The highest BCUT2D eigenvalue weighted by Crippen LogP contribution is 2.27. The maximum Gasteiger partial charge on any atom is 0.350 e. The molecule has 0 aromatic carbocycles. The molecule has 0 amide bonds. The van der Waals surface area contributed by atoms with Gasteiger partial charge in [0.25, 0.3) is 0 Å². The lowest BCUT2D eigenvalue weighted by molar-refractivity contribution is 0.0531. The van der Waals surface area contributed by atoms with Gasteiger partial charge in [-0.2, -0.15) is 4.98 Å². The van der Waals surface area contributed by atoms with Crippen LogP contribution < -0.4 is 10.2 Å². The SMILES string of the molecule is CCOC(=O)c1sc(Nc2nc(Cl)cc(N3CCC(O)CC3)n2)nc1C. The molecule has 1 aliphatic rings. The number of carbonyl (C=O) groups is 1. The molecule has 0 aliphatic carbocycles. The fraction of sp³-hybridized carbons (Fsp3) is 0.500. The normalized spacial score (nSPS) is 15.2. The molecule has 1 fully saturated rings. The third kappa shape index (κ3) is 4.40. The first kappa shape index (κ1) is 18.8. The van der Waals surface area contributed by atoms with Crippen molar-refractivity contribution in [2.45, 2.75) is 32.8 Å². The molecule has 3 rings (SSSR count). The fourth-order valence-corrected chi connectivity index (χ4v) is 3.68. The molecular formula is C16H20ClN5O3S. The Hall–Kier alpha value is -1.97. The molecule has 0 unspecified atom stereocenters. The van der Waals surface area contributed by atoms with Crippen molar-refractivity contribution in [2.75, 3.05) is 29.9 Å². The number of aliphatic hydroxyl groups excluding tert-OH is 1. The number of rotatable bonds is 5. The molecule has 2 aromatic heterocycles. The van der Waals surface area contributed by atoms with Crippen LogP contribution in [0.15, 0.2) is 6.07 Å². The minimum absolute atomic E-state index is 0.263. The van der Waals surface area contributed by atoms with Crippen molar-refractivity contribution < 1.29 is 14.6 Å². The molecule has 1 aliphatic heterocycles. The number of thiazole rings is 1. The van der Waals surface area contributed by atoms with Crippen molar-refractivity contribution in [1.29, 1.82) is 0 Å². The first-order valence-electron chi connectivity index (χ1n) is 8.35. The number of aromatic nitrogens is 3. The van der Waals surface area contributed by atoms with Gasteiger partial charge in [-0.25, -0.2) is 14.8 Å². The largest absolute Gasteiger partial charge is 0.462 e. The molecule has 0 saturated carbocycles. The van der Waals surface area contributed by atoms with Crippen LogP contribution in [-0.4, -0.2) is 51.8 Å². The Labute approximate surface area is 160 Å². The van der Waals surface area contributed by atoms with Crippen LogP contribution in [0.3, 0.4) is 0 Å². The van der Waals surface area contributed by atoms with Gasteiger partial charge < -0.3 is 14.7 Å². The van der Waals surface area contributed by atoms with Gasteiger partial charge in [0.05, 0.1) is 18.4 Å². The lowest BCUT2D eigenvalue weighted by Gasteiger charge is -2.30. The van der Waals surface area contributed by atoms with Crippen LogP contribution in [0, 0.1) is 6.92 Å². The number of hydrogen-bond donors (Lipinski definition) is 2. The smallest absolute Gasteiger partial charge is 0.350 e. The van der Waals surface area contributed by atoms with E-state index in [1.54, 1.807) is 19.9 Å². The zero-order valence-corrected chi connectivity index (χ0v) is 16.1. The van der Waals surface area contributed by atoms with Crippen molar-refractivity contribution in [1.82, 2.24) is 15.0 Å². The van der Waals surface area contributed by atoms with Gasteiger partial charge in [0.2, 0.25) is 5.95 Å². The van der Waals surface area contributed by atoms with Gasteiger partial charge in [-0.05, 0) is 26.7 Å². The van der Waals surface area contributed by atoms with Crippen LogP contribution >= 0.6 is 22.9 Å². The number of nitrogens with one attached hydrogen (secondary N) is 1. The van der Waals surface area contributed by atoms with E-state index < -0.39 is 5.97 Å². The third-order valence-electron chi connectivity index (χ3n) is 3.95. The van der Waals surface area contributed by atoms with Crippen LogP contribution in [0.25, 0.3) is 0 Å². The Bertz CT molecular complexity index is 792. The number of ether oxygens (including phenoxy) is 1. The second-order valence-corrected chi connectivity index (χ2v) is 7.26. The number of carbonyl (C=O) groups excluding carboxylic acids is 1. The average Bonchev–Trinajstić information content (AvgIpc) is 2.95. The lowest BCUT2D eigenvalue weighted by atomic mass is 10.1. The van der Waals surface area contributed by atoms with Gasteiger partial charge in [-0.1, -0.05) is 22.9 Å². The van der Waals surface area contributed by atoms with Gasteiger partial charge >= 0.3 is 5.97 Å². The Morgan fingerprint density at radius 3 is 2.85 bits per heavy atom. The standard InChI is InChI=1S/C16H20ClN5O3S/c1-3-25-14(24)13-9(2)18-16(26-13)21-15-19-11(17)8-12(20-15)22-6-4-10(23)5-7-22/h8,10,23H,3-7H2,1-2H3,(H,18,19,20,21). The highest BCUT2D eigenvalue weighted by molar-refractivity contribution is 7.17. The van der Waals surface area contributed by atoms with E-state index >= 15 is 0 Å². The average molecular weight is 398 g/mol. The summed E-state index contributed by atoms with van der Waals surface area (Å²) in [7, 11) is 0. The van der Waals surface area contributed by atoms with Gasteiger partial charge in [-0.3, -0.25) is 5.32 Å². The van der Waals surface area contributed by atoms with E-state index in [4.69, 9.17) is 16.3 Å². The monoisotopic (exact) mass is 397 g/mol. The van der Waals surface area contributed by atoms with Gasteiger partial charge in [0.15, 0.2) is 5.13 Å². The second-order valence-electron chi connectivity index (χ2n) is 5.87. The van der Waals surface area contributed by atoms with Crippen molar-refractivity contribution >= 4 is 45.8 Å². The summed E-state index contributed by atoms with van der Waals surface area (Å²) in [6, 6.07) is 1.70. The minimum Gasteiger partial charge on any atom is -0.462 e. The van der Waals surface area contributed by atoms with Crippen molar-refractivity contribution in [2.24, 2.45) is 0 Å². The fourth-order valence-electron chi connectivity index (χ4n) is 2.65. The van der Waals surface area contributed by atoms with Gasteiger partial charge in [0.1, 0.15) is 15.8 Å².